The summed E-state index contributed by atoms with van der Waals surface area (Å²) in [7, 11) is 1.62. The number of carbonyl (C=O) groups excluding carboxylic acids is 1. The number of ether oxygens (including phenoxy) is 1. The van der Waals surface area contributed by atoms with E-state index in [9.17, 15) is 4.79 Å². The number of amides is 1. The van der Waals surface area contributed by atoms with Crippen LogP contribution in [0.15, 0.2) is 48.5 Å². The third-order valence-electron chi connectivity index (χ3n) is 5.04. The van der Waals surface area contributed by atoms with Crippen LogP contribution in [-0.4, -0.2) is 48.5 Å². The van der Waals surface area contributed by atoms with Crippen molar-refractivity contribution in [3.8, 4) is 17.0 Å². The van der Waals surface area contributed by atoms with Crippen molar-refractivity contribution in [1.82, 2.24) is 9.27 Å². The molecule has 0 spiro atoms. The van der Waals surface area contributed by atoms with E-state index in [1.165, 1.54) is 0 Å². The molecule has 6 nitrogen and oxygen atoms in total. The van der Waals surface area contributed by atoms with Gasteiger partial charge >= 0.3 is 0 Å². The Bertz CT molecular complexity index is 997. The van der Waals surface area contributed by atoms with Gasteiger partial charge in [0.05, 0.1) is 12.8 Å². The summed E-state index contributed by atoms with van der Waals surface area (Å²) in [6.45, 7) is 2.79. The maximum Gasteiger partial charge on any atom is 0.267 e. The summed E-state index contributed by atoms with van der Waals surface area (Å²) in [4.78, 5) is 17.6. The van der Waals surface area contributed by atoms with E-state index in [2.05, 4.69) is 9.27 Å². The zero-order valence-electron chi connectivity index (χ0n) is 16.0. The van der Waals surface area contributed by atoms with Crippen LogP contribution >= 0.6 is 23.1 Å². The number of hydrogen-bond donors (Lipinski definition) is 1. The lowest BCUT2D eigenvalue weighted by Gasteiger charge is -2.36. The van der Waals surface area contributed by atoms with Crippen molar-refractivity contribution in [3.63, 3.8) is 0 Å². The molecule has 1 aromatic heterocycles. The van der Waals surface area contributed by atoms with Crippen LogP contribution in [0.5, 0.6) is 5.75 Å². The smallest absolute Gasteiger partial charge is 0.267 e. The second-order valence-electron chi connectivity index (χ2n) is 6.76. The van der Waals surface area contributed by atoms with Crippen molar-refractivity contribution >= 4 is 40.4 Å². The van der Waals surface area contributed by atoms with E-state index in [1.54, 1.807) is 7.11 Å². The van der Waals surface area contributed by atoms with Crippen molar-refractivity contribution in [1.29, 1.82) is 0 Å². The Morgan fingerprint density at radius 2 is 1.72 bits per heavy atom. The molecule has 0 radical (unpaired) electrons. The lowest BCUT2D eigenvalue weighted by atomic mass is 10.1. The molecule has 2 heterocycles. The average Bonchev–Trinajstić information content (AvgIpc) is 3.15. The molecule has 4 rings (SSSR count). The topological polar surface area (TPSA) is 71.7 Å². The van der Waals surface area contributed by atoms with E-state index in [0.717, 1.165) is 46.6 Å². The first kappa shape index (κ1) is 19.5. The van der Waals surface area contributed by atoms with E-state index in [1.807, 2.05) is 53.4 Å². The van der Waals surface area contributed by atoms with Crippen molar-refractivity contribution in [2.24, 2.45) is 0 Å². The Morgan fingerprint density at radius 1 is 1.07 bits per heavy atom. The number of halogens is 1. The summed E-state index contributed by atoms with van der Waals surface area (Å²) in [6.07, 6.45) is 0. The molecule has 1 saturated heterocycles. The van der Waals surface area contributed by atoms with Gasteiger partial charge in [0.25, 0.3) is 5.91 Å². The quantitative estimate of drug-likeness (QED) is 0.679. The highest BCUT2D eigenvalue weighted by Gasteiger charge is 2.26. The van der Waals surface area contributed by atoms with Crippen LogP contribution < -0.4 is 15.4 Å². The third-order valence-corrected chi connectivity index (χ3v) is 6.15. The zero-order valence-corrected chi connectivity index (χ0v) is 17.5. The highest BCUT2D eigenvalue weighted by atomic mass is 35.5. The normalized spacial score (nSPS) is 14.1. The number of nitrogens with two attached hydrogens (primary N) is 1. The largest absolute Gasteiger partial charge is 0.497 e. The molecule has 0 atom stereocenters. The first-order valence-electron chi connectivity index (χ1n) is 9.26. The Morgan fingerprint density at radius 3 is 2.34 bits per heavy atom. The van der Waals surface area contributed by atoms with Crippen molar-refractivity contribution in [2.45, 2.75) is 0 Å². The van der Waals surface area contributed by atoms with Gasteiger partial charge in [0, 0.05) is 42.5 Å². The third kappa shape index (κ3) is 4.02. The van der Waals surface area contributed by atoms with Crippen LogP contribution in [0, 0.1) is 0 Å². The number of hydrogen-bond acceptors (Lipinski definition) is 6. The van der Waals surface area contributed by atoms with Gasteiger partial charge in [-0.05, 0) is 60.1 Å². The number of aromatic nitrogens is 1. The molecule has 2 aromatic carbocycles. The number of nitrogen functional groups attached to an aromatic ring is 1. The monoisotopic (exact) mass is 428 g/mol. The minimum atomic E-state index is -0.0597. The van der Waals surface area contributed by atoms with Gasteiger partial charge in [-0.15, -0.1) is 0 Å². The van der Waals surface area contributed by atoms with Crippen molar-refractivity contribution < 1.29 is 9.53 Å². The van der Waals surface area contributed by atoms with Gasteiger partial charge in [-0.2, -0.15) is 4.37 Å². The Kier molecular flexibility index (Phi) is 5.60. The summed E-state index contributed by atoms with van der Waals surface area (Å²) < 4.78 is 9.62. The molecule has 0 saturated carbocycles. The highest BCUT2D eigenvalue weighted by molar-refractivity contribution is 7.09. The molecule has 0 unspecified atom stereocenters. The van der Waals surface area contributed by atoms with Crippen LogP contribution in [0.1, 0.15) is 9.67 Å². The van der Waals surface area contributed by atoms with Crippen LogP contribution in [0.25, 0.3) is 11.3 Å². The zero-order chi connectivity index (χ0) is 20.4. The van der Waals surface area contributed by atoms with Gasteiger partial charge < -0.3 is 20.3 Å². The van der Waals surface area contributed by atoms with Crippen LogP contribution in [0.2, 0.25) is 5.02 Å². The number of piperazine rings is 1. The first-order valence-corrected chi connectivity index (χ1v) is 10.4. The number of nitrogens with zero attached hydrogens (tertiary/aromatic N) is 3. The summed E-state index contributed by atoms with van der Waals surface area (Å²) in [5, 5.41) is 0.718. The number of anilines is 2. The average molecular weight is 429 g/mol. The van der Waals surface area contributed by atoms with Crippen LogP contribution in [0.3, 0.4) is 0 Å². The van der Waals surface area contributed by atoms with E-state index >= 15 is 0 Å². The lowest BCUT2D eigenvalue weighted by Crippen LogP contribution is -2.48. The predicted octanol–water partition coefficient (Wildman–Crippen LogP) is 4.02. The van der Waals surface area contributed by atoms with Crippen molar-refractivity contribution in [3.05, 3.63) is 58.4 Å². The lowest BCUT2D eigenvalue weighted by molar-refractivity contribution is 0.0752. The summed E-state index contributed by atoms with van der Waals surface area (Å²) in [5.41, 5.74) is 9.35. The first-order chi connectivity index (χ1) is 14.1. The highest BCUT2D eigenvalue weighted by Crippen LogP contribution is 2.33. The summed E-state index contributed by atoms with van der Waals surface area (Å²) in [6, 6.07) is 15.3. The molecule has 29 heavy (non-hydrogen) atoms. The number of methoxy groups -OCH3 is 1. The SMILES string of the molecule is COc1ccc(-c2nsc(C(=O)N3CCN(c4ccc(Cl)cc4)CC3)c2N)cc1. The van der Waals surface area contributed by atoms with Crippen LogP contribution in [-0.2, 0) is 0 Å². The Labute approximate surface area is 178 Å². The minimum Gasteiger partial charge on any atom is -0.497 e. The maximum absolute atomic E-state index is 13.0. The molecule has 1 amide bonds. The Hall–Kier alpha value is -2.77. The molecule has 8 heteroatoms. The van der Waals surface area contributed by atoms with E-state index in [0.29, 0.717) is 29.3 Å². The van der Waals surface area contributed by atoms with Crippen LogP contribution in [0.4, 0.5) is 11.4 Å². The van der Waals surface area contributed by atoms with Gasteiger partial charge in [0.1, 0.15) is 16.3 Å². The summed E-state index contributed by atoms with van der Waals surface area (Å²) >= 11 is 7.12. The molecule has 150 valence electrons. The fourth-order valence-electron chi connectivity index (χ4n) is 3.37. The van der Waals surface area contributed by atoms with Crippen molar-refractivity contribution in [2.75, 3.05) is 43.9 Å². The molecule has 0 aliphatic carbocycles. The number of benzene rings is 2. The fraction of sp³-hybridized carbons (Fsp3) is 0.238. The maximum atomic E-state index is 13.0. The number of rotatable bonds is 4. The standard InChI is InChI=1S/C21H21ClN4O2S/c1-28-17-8-2-14(3-9-17)19-18(23)20(29-24-19)21(27)26-12-10-25(11-13-26)16-6-4-15(22)5-7-16/h2-9H,10-13,23H2,1H3. The summed E-state index contributed by atoms with van der Waals surface area (Å²) in [5.74, 6) is 0.702. The van der Waals surface area contributed by atoms with E-state index in [4.69, 9.17) is 22.1 Å². The fourth-order valence-corrected chi connectivity index (χ4v) is 4.29. The van der Waals surface area contributed by atoms with Gasteiger partial charge in [-0.1, -0.05) is 11.6 Å². The molecule has 1 aliphatic rings. The molecule has 3 aromatic rings. The molecule has 1 fully saturated rings. The Balaban J connectivity index is 1.45. The van der Waals surface area contributed by atoms with Gasteiger partial charge in [0.15, 0.2) is 0 Å². The van der Waals surface area contributed by atoms with Gasteiger partial charge in [-0.25, -0.2) is 0 Å². The second-order valence-corrected chi connectivity index (χ2v) is 7.97. The molecule has 2 N–H and O–H groups in total. The second kappa shape index (κ2) is 8.31. The molecular weight excluding hydrogens is 408 g/mol. The minimum absolute atomic E-state index is 0.0597. The van der Waals surface area contributed by atoms with Gasteiger partial charge in [0.2, 0.25) is 0 Å². The van der Waals surface area contributed by atoms with Gasteiger partial charge in [-0.3, -0.25) is 4.79 Å². The van der Waals surface area contributed by atoms with E-state index < -0.39 is 0 Å². The predicted molar refractivity (Wildman–Crippen MR) is 118 cm³/mol. The molecular formula is C21H21ClN4O2S. The molecule has 0 bridgehead atoms. The number of carbonyl (C=O) groups is 1. The molecule has 1 aliphatic heterocycles. The van der Waals surface area contributed by atoms with E-state index in [-0.39, 0.29) is 5.91 Å².